The van der Waals surface area contributed by atoms with Gasteiger partial charge in [-0.1, -0.05) is 6.07 Å². The van der Waals surface area contributed by atoms with Crippen LogP contribution < -0.4 is 5.32 Å². The molecule has 88 valence electrons. The molecule has 0 aromatic heterocycles. The fraction of sp³-hybridized carbons (Fsp3) is 0.417. The zero-order valence-corrected chi connectivity index (χ0v) is 11.5. The Labute approximate surface area is 104 Å². The van der Waals surface area contributed by atoms with Gasteiger partial charge in [0.25, 0.3) is 5.91 Å². The third-order valence-electron chi connectivity index (χ3n) is 2.23. The third kappa shape index (κ3) is 3.06. The van der Waals surface area contributed by atoms with E-state index in [0.29, 0.717) is 5.69 Å². The number of hydrogen-bond donors (Lipinski definition) is 2. The molecule has 0 saturated heterocycles. The highest BCUT2D eigenvalue weighted by molar-refractivity contribution is 9.10. The SMILES string of the molecule is Cc1cc(C)c(NC(=O)C(C)(C)O)c(Br)c1. The molecule has 0 aliphatic rings. The van der Waals surface area contributed by atoms with Gasteiger partial charge in [0.05, 0.1) is 5.69 Å². The summed E-state index contributed by atoms with van der Waals surface area (Å²) >= 11 is 3.40. The number of nitrogens with one attached hydrogen (secondary N) is 1. The van der Waals surface area contributed by atoms with Gasteiger partial charge >= 0.3 is 0 Å². The maximum absolute atomic E-state index is 11.6. The van der Waals surface area contributed by atoms with Gasteiger partial charge in [0.15, 0.2) is 0 Å². The molecule has 0 saturated carbocycles. The smallest absolute Gasteiger partial charge is 0.255 e. The van der Waals surface area contributed by atoms with Crippen LogP contribution in [0.3, 0.4) is 0 Å². The molecule has 4 heteroatoms. The van der Waals surface area contributed by atoms with E-state index in [1.54, 1.807) is 0 Å². The highest BCUT2D eigenvalue weighted by atomic mass is 79.9. The number of amides is 1. The molecule has 0 aliphatic heterocycles. The number of halogens is 1. The van der Waals surface area contributed by atoms with Crippen molar-refractivity contribution in [1.82, 2.24) is 0 Å². The summed E-state index contributed by atoms with van der Waals surface area (Å²) < 4.78 is 0.822. The fourth-order valence-corrected chi connectivity index (χ4v) is 2.11. The Morgan fingerprint density at radius 2 is 1.94 bits per heavy atom. The van der Waals surface area contributed by atoms with Crippen molar-refractivity contribution in [3.8, 4) is 0 Å². The number of aliphatic hydroxyl groups is 1. The van der Waals surface area contributed by atoms with Crippen LogP contribution in [0.15, 0.2) is 16.6 Å². The minimum Gasteiger partial charge on any atom is -0.381 e. The molecule has 1 amide bonds. The zero-order chi connectivity index (χ0) is 12.5. The lowest BCUT2D eigenvalue weighted by atomic mass is 10.1. The Bertz CT molecular complexity index is 399. The van der Waals surface area contributed by atoms with E-state index in [0.717, 1.165) is 15.6 Å². The molecule has 0 radical (unpaired) electrons. The van der Waals surface area contributed by atoms with E-state index >= 15 is 0 Å². The van der Waals surface area contributed by atoms with Crippen molar-refractivity contribution in [1.29, 1.82) is 0 Å². The molecule has 1 aromatic rings. The molecule has 0 spiro atoms. The van der Waals surface area contributed by atoms with E-state index in [-0.39, 0.29) is 0 Å². The van der Waals surface area contributed by atoms with Crippen LogP contribution in [0, 0.1) is 13.8 Å². The quantitative estimate of drug-likeness (QED) is 0.878. The summed E-state index contributed by atoms with van der Waals surface area (Å²) in [6, 6.07) is 3.90. The number of hydrogen-bond acceptors (Lipinski definition) is 2. The molecule has 3 nitrogen and oxygen atoms in total. The Hall–Kier alpha value is -0.870. The standard InChI is InChI=1S/C12H16BrNO2/c1-7-5-8(2)10(9(13)6-7)14-11(15)12(3,4)16/h5-6,16H,1-4H3,(H,14,15). The predicted molar refractivity (Wildman–Crippen MR) is 68.5 cm³/mol. The van der Waals surface area contributed by atoms with Crippen LogP contribution in [-0.4, -0.2) is 16.6 Å². The van der Waals surface area contributed by atoms with Gasteiger partial charge in [0.2, 0.25) is 0 Å². The number of anilines is 1. The number of carbonyl (C=O) groups is 1. The first-order chi connectivity index (χ1) is 7.21. The van der Waals surface area contributed by atoms with Gasteiger partial charge in [-0.05, 0) is 60.8 Å². The van der Waals surface area contributed by atoms with E-state index in [1.807, 2.05) is 26.0 Å². The van der Waals surface area contributed by atoms with E-state index in [2.05, 4.69) is 21.2 Å². The fourth-order valence-electron chi connectivity index (χ4n) is 1.34. The molecule has 1 rings (SSSR count). The first-order valence-corrected chi connectivity index (χ1v) is 5.81. The predicted octanol–water partition coefficient (Wildman–Crippen LogP) is 2.78. The average Bonchev–Trinajstić information content (AvgIpc) is 2.08. The summed E-state index contributed by atoms with van der Waals surface area (Å²) in [5.41, 5.74) is 1.41. The van der Waals surface area contributed by atoms with Gasteiger partial charge in [0.1, 0.15) is 5.60 Å². The maximum Gasteiger partial charge on any atom is 0.255 e. The second-order valence-electron chi connectivity index (χ2n) is 4.45. The lowest BCUT2D eigenvalue weighted by Gasteiger charge is -2.19. The molecule has 0 fully saturated rings. The largest absolute Gasteiger partial charge is 0.381 e. The van der Waals surface area contributed by atoms with Crippen molar-refractivity contribution in [3.05, 3.63) is 27.7 Å². The molecule has 2 N–H and O–H groups in total. The molecule has 0 heterocycles. The van der Waals surface area contributed by atoms with Crippen LogP contribution in [0.5, 0.6) is 0 Å². The van der Waals surface area contributed by atoms with Gasteiger partial charge in [-0.25, -0.2) is 0 Å². The first kappa shape index (κ1) is 13.2. The summed E-state index contributed by atoms with van der Waals surface area (Å²) in [5.74, 6) is -0.417. The van der Waals surface area contributed by atoms with E-state index in [1.165, 1.54) is 13.8 Å². The summed E-state index contributed by atoms with van der Waals surface area (Å²) in [6.45, 7) is 6.82. The van der Waals surface area contributed by atoms with Crippen molar-refractivity contribution in [2.24, 2.45) is 0 Å². The Kier molecular flexibility index (Phi) is 3.76. The minimum absolute atomic E-state index is 0.417. The van der Waals surface area contributed by atoms with Crippen LogP contribution in [0.25, 0.3) is 0 Å². The van der Waals surface area contributed by atoms with Crippen LogP contribution in [0.2, 0.25) is 0 Å². The topological polar surface area (TPSA) is 49.3 Å². The molecule has 1 aromatic carbocycles. The van der Waals surface area contributed by atoms with Crippen molar-refractivity contribution >= 4 is 27.5 Å². The number of benzene rings is 1. The first-order valence-electron chi connectivity index (χ1n) is 5.02. The molecule has 0 aliphatic carbocycles. The summed E-state index contributed by atoms with van der Waals surface area (Å²) in [5, 5.41) is 12.3. The molecule has 0 unspecified atom stereocenters. The third-order valence-corrected chi connectivity index (χ3v) is 2.85. The Morgan fingerprint density at radius 3 is 2.38 bits per heavy atom. The van der Waals surface area contributed by atoms with Gasteiger partial charge in [-0.2, -0.15) is 0 Å². The van der Waals surface area contributed by atoms with Crippen molar-refractivity contribution in [3.63, 3.8) is 0 Å². The average molecular weight is 286 g/mol. The highest BCUT2D eigenvalue weighted by Gasteiger charge is 2.24. The lowest BCUT2D eigenvalue weighted by Crippen LogP contribution is -2.37. The van der Waals surface area contributed by atoms with Crippen molar-refractivity contribution in [2.75, 3.05) is 5.32 Å². The normalized spacial score (nSPS) is 11.4. The lowest BCUT2D eigenvalue weighted by molar-refractivity contribution is -0.130. The highest BCUT2D eigenvalue weighted by Crippen LogP contribution is 2.28. The Balaban J connectivity index is 3.03. The summed E-state index contributed by atoms with van der Waals surface area (Å²) in [6.07, 6.45) is 0. The van der Waals surface area contributed by atoms with Crippen LogP contribution >= 0.6 is 15.9 Å². The van der Waals surface area contributed by atoms with Gasteiger partial charge in [-0.3, -0.25) is 4.79 Å². The maximum atomic E-state index is 11.6. The van der Waals surface area contributed by atoms with E-state index in [4.69, 9.17) is 0 Å². The monoisotopic (exact) mass is 285 g/mol. The number of rotatable bonds is 2. The van der Waals surface area contributed by atoms with Gasteiger partial charge in [-0.15, -0.1) is 0 Å². The number of aryl methyl sites for hydroxylation is 2. The zero-order valence-electron chi connectivity index (χ0n) is 9.89. The van der Waals surface area contributed by atoms with Crippen molar-refractivity contribution in [2.45, 2.75) is 33.3 Å². The molecular formula is C12H16BrNO2. The summed E-state index contributed by atoms with van der Waals surface area (Å²) in [7, 11) is 0. The van der Waals surface area contributed by atoms with Crippen LogP contribution in [-0.2, 0) is 4.79 Å². The molecule has 16 heavy (non-hydrogen) atoms. The summed E-state index contributed by atoms with van der Waals surface area (Å²) in [4.78, 5) is 11.6. The van der Waals surface area contributed by atoms with E-state index in [9.17, 15) is 9.90 Å². The second-order valence-corrected chi connectivity index (χ2v) is 5.31. The van der Waals surface area contributed by atoms with Crippen LogP contribution in [0.4, 0.5) is 5.69 Å². The van der Waals surface area contributed by atoms with Crippen molar-refractivity contribution < 1.29 is 9.90 Å². The number of carbonyl (C=O) groups excluding carboxylic acids is 1. The molecule has 0 atom stereocenters. The second kappa shape index (κ2) is 4.55. The Morgan fingerprint density at radius 1 is 1.38 bits per heavy atom. The minimum atomic E-state index is -1.38. The molecular weight excluding hydrogens is 270 g/mol. The van der Waals surface area contributed by atoms with E-state index < -0.39 is 11.5 Å². The molecule has 0 bridgehead atoms. The van der Waals surface area contributed by atoms with Gasteiger partial charge in [0, 0.05) is 4.47 Å². The van der Waals surface area contributed by atoms with Crippen LogP contribution in [0.1, 0.15) is 25.0 Å². The van der Waals surface area contributed by atoms with Gasteiger partial charge < -0.3 is 10.4 Å².